The van der Waals surface area contributed by atoms with Gasteiger partial charge in [-0.05, 0) is 42.6 Å². The van der Waals surface area contributed by atoms with Crippen molar-refractivity contribution in [3.05, 3.63) is 77.4 Å². The number of unbranched alkanes of at least 4 members (excludes halogenated alkanes) is 2. The summed E-state index contributed by atoms with van der Waals surface area (Å²) in [5.74, 6) is 1.34. The molecule has 2 N–H and O–H groups in total. The van der Waals surface area contributed by atoms with E-state index in [1.807, 2.05) is 42.5 Å². The minimum absolute atomic E-state index is 0.0841. The summed E-state index contributed by atoms with van der Waals surface area (Å²) < 4.78 is 11.0. The van der Waals surface area contributed by atoms with Crippen LogP contribution in [0.25, 0.3) is 0 Å². The first kappa shape index (κ1) is 20.7. The molecule has 0 atom stereocenters. The van der Waals surface area contributed by atoms with Gasteiger partial charge in [0.15, 0.2) is 0 Å². The Morgan fingerprint density at radius 3 is 2.52 bits per heavy atom. The average Bonchev–Trinajstić information content (AvgIpc) is 3.22. The summed E-state index contributed by atoms with van der Waals surface area (Å²) in [7, 11) is 0. The third kappa shape index (κ3) is 6.84. The van der Waals surface area contributed by atoms with Gasteiger partial charge in [0.25, 0.3) is 0 Å². The molecule has 152 valence electrons. The Morgan fingerprint density at radius 1 is 0.966 bits per heavy atom. The van der Waals surface area contributed by atoms with Crippen LogP contribution in [0.3, 0.4) is 0 Å². The molecule has 0 aliphatic heterocycles. The fraction of sp³-hybridized carbons (Fsp3) is 0.348. The van der Waals surface area contributed by atoms with Crippen LogP contribution in [0.2, 0.25) is 0 Å². The van der Waals surface area contributed by atoms with E-state index in [2.05, 4.69) is 22.3 Å². The van der Waals surface area contributed by atoms with E-state index in [1.54, 1.807) is 0 Å². The van der Waals surface area contributed by atoms with Crippen LogP contribution in [0.4, 0.5) is 0 Å². The van der Waals surface area contributed by atoms with E-state index >= 15 is 0 Å². The highest BCUT2D eigenvalue weighted by atomic mass is 16.5. The number of Topliss-reactive ketones (excluding diaryl/α,β-unsaturated/α-hetero) is 1. The molecule has 6 nitrogen and oxygen atoms in total. The summed E-state index contributed by atoms with van der Waals surface area (Å²) in [6.07, 6.45) is 4.44. The quantitative estimate of drug-likeness (QED) is 0.370. The Hall–Kier alpha value is -2.99. The van der Waals surface area contributed by atoms with E-state index in [0.717, 1.165) is 37.0 Å². The molecule has 0 radical (unpaired) electrons. The van der Waals surface area contributed by atoms with E-state index in [4.69, 9.17) is 15.0 Å². The first-order chi connectivity index (χ1) is 14.2. The van der Waals surface area contributed by atoms with Gasteiger partial charge in [-0.1, -0.05) is 54.0 Å². The standard InChI is InChI=1S/C23H27N3O3/c24-15-6-2-5-9-21(27)23-25-22(29-26-23)17-19-10-12-20(13-11-19)28-16-14-18-7-3-1-4-8-18/h1,3-4,7-8,10-13H,2,5-6,9,14-17,24H2. The second-order valence-electron chi connectivity index (χ2n) is 6.94. The first-order valence-corrected chi connectivity index (χ1v) is 10.1. The minimum atomic E-state index is -0.0841. The Bertz CT molecular complexity index is 876. The summed E-state index contributed by atoms with van der Waals surface area (Å²) in [4.78, 5) is 16.3. The van der Waals surface area contributed by atoms with E-state index in [9.17, 15) is 4.79 Å². The predicted molar refractivity (Wildman–Crippen MR) is 111 cm³/mol. The minimum Gasteiger partial charge on any atom is -0.493 e. The molecule has 1 aromatic heterocycles. The van der Waals surface area contributed by atoms with Crippen molar-refractivity contribution >= 4 is 5.78 Å². The molecule has 0 aliphatic carbocycles. The Labute approximate surface area is 171 Å². The molecular formula is C23H27N3O3. The number of carbonyl (C=O) groups excluding carboxylic acids is 1. The summed E-state index contributed by atoms with van der Waals surface area (Å²) in [6.45, 7) is 1.28. The number of nitrogens with two attached hydrogens (primary N) is 1. The molecule has 0 spiro atoms. The summed E-state index contributed by atoms with van der Waals surface area (Å²) >= 11 is 0. The number of benzene rings is 2. The zero-order valence-corrected chi connectivity index (χ0v) is 16.5. The van der Waals surface area contributed by atoms with Gasteiger partial charge in [0.2, 0.25) is 17.5 Å². The Kier molecular flexibility index (Phi) is 7.95. The van der Waals surface area contributed by atoms with Crippen LogP contribution in [0.15, 0.2) is 59.1 Å². The molecule has 29 heavy (non-hydrogen) atoms. The van der Waals surface area contributed by atoms with E-state index in [1.165, 1.54) is 5.56 Å². The second kappa shape index (κ2) is 11.1. The van der Waals surface area contributed by atoms with Gasteiger partial charge in [0, 0.05) is 12.8 Å². The van der Waals surface area contributed by atoms with Crippen LogP contribution in [-0.2, 0) is 12.8 Å². The largest absolute Gasteiger partial charge is 0.493 e. The number of ether oxygens (including phenoxy) is 1. The number of hydrogen-bond acceptors (Lipinski definition) is 6. The van der Waals surface area contributed by atoms with E-state index < -0.39 is 0 Å². The molecule has 0 amide bonds. The lowest BCUT2D eigenvalue weighted by Crippen LogP contribution is -2.03. The number of hydrogen-bond donors (Lipinski definition) is 1. The van der Waals surface area contributed by atoms with Crippen molar-refractivity contribution < 1.29 is 14.1 Å². The van der Waals surface area contributed by atoms with Crippen molar-refractivity contribution in [2.24, 2.45) is 5.73 Å². The van der Waals surface area contributed by atoms with Gasteiger partial charge in [-0.3, -0.25) is 4.79 Å². The molecule has 3 aromatic rings. The van der Waals surface area contributed by atoms with Crippen molar-refractivity contribution in [1.82, 2.24) is 10.1 Å². The molecule has 2 aromatic carbocycles. The van der Waals surface area contributed by atoms with Crippen molar-refractivity contribution in [3.63, 3.8) is 0 Å². The summed E-state index contributed by atoms with van der Waals surface area (Å²) in [6, 6.07) is 18.1. The van der Waals surface area contributed by atoms with Gasteiger partial charge in [-0.15, -0.1) is 0 Å². The zero-order valence-electron chi connectivity index (χ0n) is 16.5. The molecular weight excluding hydrogens is 366 g/mol. The topological polar surface area (TPSA) is 91.2 Å². The molecule has 6 heteroatoms. The average molecular weight is 393 g/mol. The van der Waals surface area contributed by atoms with Gasteiger partial charge in [-0.2, -0.15) is 4.98 Å². The lowest BCUT2D eigenvalue weighted by molar-refractivity contribution is 0.0966. The summed E-state index contributed by atoms with van der Waals surface area (Å²) in [5, 5.41) is 3.81. The third-order valence-corrected chi connectivity index (χ3v) is 4.61. The maximum atomic E-state index is 12.1. The highest BCUT2D eigenvalue weighted by Crippen LogP contribution is 2.16. The fourth-order valence-corrected chi connectivity index (χ4v) is 2.97. The highest BCUT2D eigenvalue weighted by molar-refractivity contribution is 5.92. The molecule has 0 saturated heterocycles. The van der Waals surface area contributed by atoms with Crippen LogP contribution >= 0.6 is 0 Å². The lowest BCUT2D eigenvalue weighted by Gasteiger charge is -2.07. The third-order valence-electron chi connectivity index (χ3n) is 4.61. The second-order valence-corrected chi connectivity index (χ2v) is 6.94. The Balaban J connectivity index is 1.45. The van der Waals surface area contributed by atoms with Crippen LogP contribution < -0.4 is 10.5 Å². The number of nitrogens with zero attached hydrogens (tertiary/aromatic N) is 2. The number of aromatic nitrogens is 2. The normalized spacial score (nSPS) is 10.8. The predicted octanol–water partition coefficient (Wildman–Crippen LogP) is 3.98. The number of carbonyl (C=O) groups is 1. The fourth-order valence-electron chi connectivity index (χ4n) is 2.97. The molecule has 3 rings (SSSR count). The van der Waals surface area contributed by atoms with Crippen molar-refractivity contribution in [2.45, 2.75) is 38.5 Å². The van der Waals surface area contributed by atoms with E-state index in [-0.39, 0.29) is 11.6 Å². The molecule has 0 unspecified atom stereocenters. The van der Waals surface area contributed by atoms with Crippen molar-refractivity contribution in [3.8, 4) is 5.75 Å². The van der Waals surface area contributed by atoms with Crippen LogP contribution in [-0.4, -0.2) is 29.1 Å². The van der Waals surface area contributed by atoms with Crippen molar-refractivity contribution in [2.75, 3.05) is 13.2 Å². The zero-order chi connectivity index (χ0) is 20.3. The maximum Gasteiger partial charge on any atom is 0.238 e. The maximum absolute atomic E-state index is 12.1. The van der Waals surface area contributed by atoms with Gasteiger partial charge in [0.1, 0.15) is 5.75 Å². The first-order valence-electron chi connectivity index (χ1n) is 10.1. The smallest absolute Gasteiger partial charge is 0.238 e. The van der Waals surface area contributed by atoms with Crippen LogP contribution in [0.5, 0.6) is 5.75 Å². The lowest BCUT2D eigenvalue weighted by atomic mass is 10.1. The molecule has 0 fully saturated rings. The monoisotopic (exact) mass is 393 g/mol. The van der Waals surface area contributed by atoms with Gasteiger partial charge < -0.3 is 15.0 Å². The molecule has 0 saturated carbocycles. The summed E-state index contributed by atoms with van der Waals surface area (Å²) in [5.41, 5.74) is 7.73. The number of rotatable bonds is 12. The number of ketones is 1. The van der Waals surface area contributed by atoms with Gasteiger partial charge >= 0.3 is 0 Å². The molecule has 1 heterocycles. The highest BCUT2D eigenvalue weighted by Gasteiger charge is 2.14. The SMILES string of the molecule is NCCCCCC(=O)c1noc(Cc2ccc(OCCc3ccccc3)cc2)n1. The van der Waals surface area contributed by atoms with Gasteiger partial charge in [0.05, 0.1) is 13.0 Å². The van der Waals surface area contributed by atoms with Crippen molar-refractivity contribution in [1.29, 1.82) is 0 Å². The van der Waals surface area contributed by atoms with Crippen LogP contribution in [0.1, 0.15) is 53.3 Å². The van der Waals surface area contributed by atoms with Gasteiger partial charge in [-0.25, -0.2) is 0 Å². The Morgan fingerprint density at radius 2 is 1.76 bits per heavy atom. The van der Waals surface area contributed by atoms with E-state index in [0.29, 0.717) is 31.9 Å². The molecule has 0 bridgehead atoms. The molecule has 0 aliphatic rings. The van der Waals surface area contributed by atoms with Crippen LogP contribution in [0, 0.1) is 0 Å².